The number of thioether (sulfide) groups is 1. The van der Waals surface area contributed by atoms with Crippen molar-refractivity contribution in [2.24, 2.45) is 11.3 Å². The Kier molecular flexibility index (Phi) is 5.72. The molecule has 0 atom stereocenters. The lowest BCUT2D eigenvalue weighted by molar-refractivity contribution is 0.0371. The summed E-state index contributed by atoms with van der Waals surface area (Å²) < 4.78 is 5.41. The van der Waals surface area contributed by atoms with E-state index in [-0.39, 0.29) is 0 Å². The molecule has 0 bridgehead atoms. The highest BCUT2D eigenvalue weighted by molar-refractivity contribution is 7.99. The maximum atomic E-state index is 5.41. The fourth-order valence-electron chi connectivity index (χ4n) is 1.66. The normalized spacial score (nSPS) is 21.4. The fraction of sp³-hybridized carbons (Fsp3) is 1.00. The van der Waals surface area contributed by atoms with Crippen molar-refractivity contribution in [3.63, 3.8) is 0 Å². The van der Waals surface area contributed by atoms with Crippen LogP contribution in [0.1, 0.15) is 26.7 Å². The topological polar surface area (TPSA) is 9.23 Å². The summed E-state index contributed by atoms with van der Waals surface area (Å²) >= 11 is 6.59. The third-order valence-corrected chi connectivity index (χ3v) is 5.14. The van der Waals surface area contributed by atoms with Crippen LogP contribution in [-0.4, -0.2) is 30.5 Å². The summed E-state index contributed by atoms with van der Waals surface area (Å²) in [5.41, 5.74) is 0.459. The van der Waals surface area contributed by atoms with Crippen LogP contribution >= 0.6 is 24.4 Å². The molecule has 0 N–H and O–H groups in total. The first-order valence-corrected chi connectivity index (χ1v) is 7.24. The molecule has 0 amide bonds. The number of hydrogen-bond donors (Lipinski definition) is 1. The Labute approximate surface area is 97.8 Å². The van der Waals surface area contributed by atoms with Gasteiger partial charge in [-0.05, 0) is 41.4 Å². The van der Waals surface area contributed by atoms with Crippen molar-refractivity contribution in [1.82, 2.24) is 0 Å². The van der Waals surface area contributed by atoms with Gasteiger partial charge in [-0.2, -0.15) is 24.4 Å². The second-order valence-corrected chi connectivity index (χ2v) is 6.03. The third kappa shape index (κ3) is 4.03. The van der Waals surface area contributed by atoms with Crippen LogP contribution in [0.25, 0.3) is 0 Å². The van der Waals surface area contributed by atoms with Crippen molar-refractivity contribution in [2.45, 2.75) is 26.7 Å². The van der Waals surface area contributed by atoms with Crippen molar-refractivity contribution < 1.29 is 4.74 Å². The molecular weight excluding hydrogens is 212 g/mol. The number of ether oxygens (including phenoxy) is 1. The Hall–Kier alpha value is 0.660. The van der Waals surface area contributed by atoms with E-state index in [1.807, 2.05) is 0 Å². The Balaban J connectivity index is 2.29. The molecule has 0 aromatic carbocycles. The quantitative estimate of drug-likeness (QED) is 0.732. The van der Waals surface area contributed by atoms with Gasteiger partial charge in [0.15, 0.2) is 0 Å². The zero-order chi connectivity index (χ0) is 10.4. The van der Waals surface area contributed by atoms with E-state index in [1.54, 1.807) is 0 Å². The van der Waals surface area contributed by atoms with Gasteiger partial charge in [0.05, 0.1) is 0 Å². The Morgan fingerprint density at radius 2 is 2.00 bits per heavy atom. The third-order valence-electron chi connectivity index (χ3n) is 2.75. The molecule has 0 saturated carbocycles. The smallest absolute Gasteiger partial charge is 0.0471 e. The fourth-order valence-corrected chi connectivity index (χ4v) is 3.66. The Morgan fingerprint density at radius 3 is 2.50 bits per heavy atom. The largest absolute Gasteiger partial charge is 0.381 e. The SMILES string of the molecule is CC(C)CSCC1(CS)CCOCC1. The number of thiol groups is 1. The van der Waals surface area contributed by atoms with Crippen LogP contribution in [-0.2, 0) is 4.74 Å². The number of rotatable bonds is 5. The molecule has 0 spiro atoms. The highest BCUT2D eigenvalue weighted by atomic mass is 32.2. The molecule has 0 aromatic rings. The van der Waals surface area contributed by atoms with Crippen LogP contribution in [0, 0.1) is 11.3 Å². The summed E-state index contributed by atoms with van der Waals surface area (Å²) in [5, 5.41) is 0. The average molecular weight is 234 g/mol. The Morgan fingerprint density at radius 1 is 1.36 bits per heavy atom. The summed E-state index contributed by atoms with van der Waals surface area (Å²) in [6.45, 7) is 6.43. The summed E-state index contributed by atoms with van der Waals surface area (Å²) in [4.78, 5) is 0. The van der Waals surface area contributed by atoms with Crippen LogP contribution in [0.3, 0.4) is 0 Å². The molecule has 3 heteroatoms. The lowest BCUT2D eigenvalue weighted by Gasteiger charge is -2.35. The minimum atomic E-state index is 0.459. The maximum absolute atomic E-state index is 5.41. The second-order valence-electron chi connectivity index (χ2n) is 4.68. The van der Waals surface area contributed by atoms with Gasteiger partial charge in [0.1, 0.15) is 0 Å². The van der Waals surface area contributed by atoms with E-state index >= 15 is 0 Å². The molecule has 0 aliphatic carbocycles. The van der Waals surface area contributed by atoms with E-state index in [0.717, 1.165) is 24.9 Å². The lowest BCUT2D eigenvalue weighted by Crippen LogP contribution is -2.33. The van der Waals surface area contributed by atoms with Crippen molar-refractivity contribution in [3.05, 3.63) is 0 Å². The molecule has 1 nitrogen and oxygen atoms in total. The van der Waals surface area contributed by atoms with Crippen LogP contribution in [0.4, 0.5) is 0 Å². The van der Waals surface area contributed by atoms with Crippen molar-refractivity contribution in [1.29, 1.82) is 0 Å². The molecule has 1 aliphatic heterocycles. The summed E-state index contributed by atoms with van der Waals surface area (Å²) in [6, 6.07) is 0. The van der Waals surface area contributed by atoms with Gasteiger partial charge in [-0.3, -0.25) is 0 Å². The molecule has 1 rings (SSSR count). The van der Waals surface area contributed by atoms with Crippen LogP contribution in [0.2, 0.25) is 0 Å². The standard InChI is InChI=1S/C11H22OS2/c1-10(2)7-14-9-11(8-13)3-5-12-6-4-11/h10,13H,3-9H2,1-2H3. The first-order valence-electron chi connectivity index (χ1n) is 5.45. The highest BCUT2D eigenvalue weighted by Crippen LogP contribution is 2.35. The van der Waals surface area contributed by atoms with Crippen LogP contribution in [0.15, 0.2) is 0 Å². The molecular formula is C11H22OS2. The van der Waals surface area contributed by atoms with Gasteiger partial charge in [0, 0.05) is 13.2 Å². The molecule has 0 aromatic heterocycles. The van der Waals surface area contributed by atoms with Crippen molar-refractivity contribution >= 4 is 24.4 Å². The van der Waals surface area contributed by atoms with E-state index in [2.05, 4.69) is 38.2 Å². The molecule has 1 aliphatic rings. The lowest BCUT2D eigenvalue weighted by atomic mass is 9.84. The maximum Gasteiger partial charge on any atom is 0.0471 e. The zero-order valence-corrected chi connectivity index (χ0v) is 11.0. The molecule has 14 heavy (non-hydrogen) atoms. The van der Waals surface area contributed by atoms with Gasteiger partial charge in [-0.1, -0.05) is 13.8 Å². The van der Waals surface area contributed by atoms with Crippen LogP contribution < -0.4 is 0 Å². The average Bonchev–Trinajstić information content (AvgIpc) is 2.19. The molecule has 1 heterocycles. The van der Waals surface area contributed by atoms with Gasteiger partial charge >= 0.3 is 0 Å². The first-order chi connectivity index (χ1) is 6.68. The minimum absolute atomic E-state index is 0.459. The van der Waals surface area contributed by atoms with Crippen LogP contribution in [0.5, 0.6) is 0 Å². The zero-order valence-electron chi connectivity index (χ0n) is 9.29. The Bertz CT molecular complexity index is 153. The molecule has 0 unspecified atom stereocenters. The van der Waals surface area contributed by atoms with Crippen molar-refractivity contribution in [2.75, 3.05) is 30.5 Å². The van der Waals surface area contributed by atoms with Gasteiger partial charge in [0.25, 0.3) is 0 Å². The first kappa shape index (κ1) is 12.7. The van der Waals surface area contributed by atoms with E-state index in [4.69, 9.17) is 4.74 Å². The predicted octanol–water partition coefficient (Wildman–Crippen LogP) is 3.10. The summed E-state index contributed by atoms with van der Waals surface area (Å²) in [5.74, 6) is 4.35. The predicted molar refractivity (Wildman–Crippen MR) is 68.5 cm³/mol. The van der Waals surface area contributed by atoms with E-state index in [9.17, 15) is 0 Å². The molecule has 0 radical (unpaired) electrons. The van der Waals surface area contributed by atoms with Gasteiger partial charge in [-0.25, -0.2) is 0 Å². The molecule has 84 valence electrons. The van der Waals surface area contributed by atoms with Gasteiger partial charge in [0.2, 0.25) is 0 Å². The van der Waals surface area contributed by atoms with E-state index < -0.39 is 0 Å². The summed E-state index contributed by atoms with van der Waals surface area (Å²) in [6.07, 6.45) is 2.39. The second kappa shape index (κ2) is 6.29. The molecule has 1 saturated heterocycles. The van der Waals surface area contributed by atoms with E-state index in [0.29, 0.717) is 5.41 Å². The molecule has 1 fully saturated rings. The highest BCUT2D eigenvalue weighted by Gasteiger charge is 2.30. The van der Waals surface area contributed by atoms with Gasteiger partial charge < -0.3 is 4.74 Å². The van der Waals surface area contributed by atoms with Crippen molar-refractivity contribution in [3.8, 4) is 0 Å². The minimum Gasteiger partial charge on any atom is -0.381 e. The number of hydrogen-bond acceptors (Lipinski definition) is 3. The van der Waals surface area contributed by atoms with Gasteiger partial charge in [-0.15, -0.1) is 0 Å². The summed E-state index contributed by atoms with van der Waals surface area (Å²) in [7, 11) is 0. The monoisotopic (exact) mass is 234 g/mol. The van der Waals surface area contributed by atoms with E-state index in [1.165, 1.54) is 24.3 Å².